The number of ether oxygens (including phenoxy) is 1. The number of thioether (sulfide) groups is 1. The van der Waals surface area contributed by atoms with Gasteiger partial charge in [-0.3, -0.25) is 4.79 Å². The summed E-state index contributed by atoms with van der Waals surface area (Å²) < 4.78 is 4.92. The third-order valence-electron chi connectivity index (χ3n) is 1.67. The molecule has 0 radical (unpaired) electrons. The molecule has 0 aliphatic rings. The van der Waals surface area contributed by atoms with Crippen LogP contribution in [0.5, 0.6) is 0 Å². The van der Waals surface area contributed by atoms with Gasteiger partial charge in [-0.15, -0.1) is 11.8 Å². The number of esters is 1. The molecule has 76 valence electrons. The van der Waals surface area contributed by atoms with Crippen molar-refractivity contribution < 1.29 is 9.53 Å². The highest BCUT2D eigenvalue weighted by molar-refractivity contribution is 8.00. The Balaban J connectivity index is 2.49. The molecule has 0 N–H and O–H groups in total. The zero-order valence-corrected chi connectivity index (χ0v) is 9.21. The number of hydrogen-bond acceptors (Lipinski definition) is 3. The van der Waals surface area contributed by atoms with Crippen molar-refractivity contribution in [3.8, 4) is 0 Å². The van der Waals surface area contributed by atoms with Crippen molar-refractivity contribution >= 4 is 17.7 Å². The summed E-state index contributed by atoms with van der Waals surface area (Å²) in [6.45, 7) is 4.12. The SMILES string of the molecule is CCOC(=O)C(C)Sc1ccccc1. The molecule has 0 aliphatic carbocycles. The van der Waals surface area contributed by atoms with Crippen LogP contribution in [0, 0.1) is 0 Å². The molecule has 1 aromatic rings. The van der Waals surface area contributed by atoms with Gasteiger partial charge in [0, 0.05) is 4.90 Å². The van der Waals surface area contributed by atoms with Crippen molar-refractivity contribution in [2.75, 3.05) is 6.61 Å². The molecule has 0 aromatic heterocycles. The Morgan fingerprint density at radius 1 is 1.43 bits per heavy atom. The Bertz CT molecular complexity index is 285. The van der Waals surface area contributed by atoms with Gasteiger partial charge >= 0.3 is 5.97 Å². The zero-order chi connectivity index (χ0) is 10.4. The molecule has 14 heavy (non-hydrogen) atoms. The third kappa shape index (κ3) is 3.42. The van der Waals surface area contributed by atoms with E-state index in [1.165, 1.54) is 11.8 Å². The summed E-state index contributed by atoms with van der Waals surface area (Å²) in [4.78, 5) is 12.4. The number of benzene rings is 1. The van der Waals surface area contributed by atoms with Gasteiger partial charge in [-0.1, -0.05) is 18.2 Å². The third-order valence-corrected chi connectivity index (χ3v) is 2.76. The molecular formula is C11H14O2S. The van der Waals surface area contributed by atoms with Crippen LogP contribution < -0.4 is 0 Å². The summed E-state index contributed by atoms with van der Waals surface area (Å²) in [5, 5.41) is -0.141. The lowest BCUT2D eigenvalue weighted by atomic mass is 10.4. The smallest absolute Gasteiger partial charge is 0.319 e. The minimum absolute atomic E-state index is 0.141. The Morgan fingerprint density at radius 2 is 2.07 bits per heavy atom. The Hall–Kier alpha value is -0.960. The van der Waals surface area contributed by atoms with Gasteiger partial charge in [-0.25, -0.2) is 0 Å². The van der Waals surface area contributed by atoms with Crippen molar-refractivity contribution in [3.05, 3.63) is 30.3 Å². The van der Waals surface area contributed by atoms with Gasteiger partial charge in [0.25, 0.3) is 0 Å². The van der Waals surface area contributed by atoms with Crippen LogP contribution in [0.4, 0.5) is 0 Å². The lowest BCUT2D eigenvalue weighted by Gasteiger charge is -2.09. The maximum Gasteiger partial charge on any atom is 0.319 e. The fourth-order valence-corrected chi connectivity index (χ4v) is 1.90. The molecule has 1 rings (SSSR count). The van der Waals surface area contributed by atoms with Crippen LogP contribution in [0.3, 0.4) is 0 Å². The maximum atomic E-state index is 11.3. The summed E-state index contributed by atoms with van der Waals surface area (Å²) in [6.07, 6.45) is 0. The monoisotopic (exact) mass is 210 g/mol. The normalized spacial score (nSPS) is 12.1. The zero-order valence-electron chi connectivity index (χ0n) is 8.40. The van der Waals surface area contributed by atoms with Crippen LogP contribution >= 0.6 is 11.8 Å². The van der Waals surface area contributed by atoms with Crippen molar-refractivity contribution in [1.29, 1.82) is 0 Å². The van der Waals surface area contributed by atoms with Crippen LogP contribution in [-0.4, -0.2) is 17.8 Å². The van der Waals surface area contributed by atoms with Gasteiger partial charge < -0.3 is 4.74 Å². The molecule has 3 heteroatoms. The highest BCUT2D eigenvalue weighted by Crippen LogP contribution is 2.23. The highest BCUT2D eigenvalue weighted by atomic mass is 32.2. The molecule has 2 nitrogen and oxygen atoms in total. The van der Waals surface area contributed by atoms with Crippen molar-refractivity contribution in [2.24, 2.45) is 0 Å². The van der Waals surface area contributed by atoms with E-state index in [1.54, 1.807) is 0 Å². The van der Waals surface area contributed by atoms with Gasteiger partial charge in [0.2, 0.25) is 0 Å². The first-order chi connectivity index (χ1) is 6.74. The van der Waals surface area contributed by atoms with E-state index in [0.29, 0.717) is 6.61 Å². The number of hydrogen-bond donors (Lipinski definition) is 0. The second-order valence-electron chi connectivity index (χ2n) is 2.83. The van der Waals surface area contributed by atoms with Crippen molar-refractivity contribution in [3.63, 3.8) is 0 Å². The number of carbonyl (C=O) groups is 1. The molecule has 0 spiro atoms. The fraction of sp³-hybridized carbons (Fsp3) is 0.364. The van der Waals surface area contributed by atoms with E-state index < -0.39 is 0 Å². The average molecular weight is 210 g/mol. The van der Waals surface area contributed by atoms with E-state index in [9.17, 15) is 4.79 Å². The lowest BCUT2D eigenvalue weighted by molar-refractivity contribution is -0.142. The predicted molar refractivity (Wildman–Crippen MR) is 58.4 cm³/mol. The first-order valence-electron chi connectivity index (χ1n) is 4.62. The van der Waals surface area contributed by atoms with Gasteiger partial charge in [0.05, 0.1) is 6.61 Å². The molecule has 0 bridgehead atoms. The molecule has 0 aliphatic heterocycles. The van der Waals surface area contributed by atoms with Crippen LogP contribution in [0.25, 0.3) is 0 Å². The fourth-order valence-electron chi connectivity index (χ4n) is 1.01. The standard InChI is InChI=1S/C11H14O2S/c1-3-13-11(12)9(2)14-10-7-5-4-6-8-10/h4-9H,3H2,1-2H3. The number of carbonyl (C=O) groups excluding carboxylic acids is 1. The minimum Gasteiger partial charge on any atom is -0.465 e. The molecule has 0 amide bonds. The van der Waals surface area contributed by atoms with Gasteiger partial charge in [0.1, 0.15) is 5.25 Å². The van der Waals surface area contributed by atoms with Crippen LogP contribution in [0.1, 0.15) is 13.8 Å². The van der Waals surface area contributed by atoms with Crippen molar-refractivity contribution in [1.82, 2.24) is 0 Å². The first kappa shape index (κ1) is 11.1. The van der Waals surface area contributed by atoms with Gasteiger partial charge in [-0.05, 0) is 26.0 Å². The van der Waals surface area contributed by atoms with E-state index in [2.05, 4.69) is 0 Å². The molecule has 1 atom stereocenters. The quantitative estimate of drug-likeness (QED) is 0.564. The van der Waals surface area contributed by atoms with E-state index in [4.69, 9.17) is 4.74 Å². The van der Waals surface area contributed by atoms with Crippen molar-refractivity contribution in [2.45, 2.75) is 24.0 Å². The molecule has 0 saturated heterocycles. The summed E-state index contributed by atoms with van der Waals surface area (Å²) in [5.41, 5.74) is 0. The minimum atomic E-state index is -0.152. The van der Waals surface area contributed by atoms with E-state index in [0.717, 1.165) is 4.90 Å². The predicted octanol–water partition coefficient (Wildman–Crippen LogP) is 2.73. The maximum absolute atomic E-state index is 11.3. The van der Waals surface area contributed by atoms with Crippen LogP contribution in [0.2, 0.25) is 0 Å². The van der Waals surface area contributed by atoms with Crippen LogP contribution in [0.15, 0.2) is 35.2 Å². The van der Waals surface area contributed by atoms with E-state index >= 15 is 0 Å². The average Bonchev–Trinajstić information content (AvgIpc) is 2.19. The first-order valence-corrected chi connectivity index (χ1v) is 5.50. The van der Waals surface area contributed by atoms with Crippen LogP contribution in [-0.2, 0) is 9.53 Å². The summed E-state index contributed by atoms with van der Waals surface area (Å²) in [7, 11) is 0. The molecular weight excluding hydrogens is 196 g/mol. The molecule has 1 unspecified atom stereocenters. The topological polar surface area (TPSA) is 26.3 Å². The Morgan fingerprint density at radius 3 is 2.64 bits per heavy atom. The second kappa shape index (κ2) is 5.70. The van der Waals surface area contributed by atoms with Gasteiger partial charge in [-0.2, -0.15) is 0 Å². The molecule has 1 aromatic carbocycles. The molecule has 0 heterocycles. The lowest BCUT2D eigenvalue weighted by Crippen LogP contribution is -2.16. The molecule has 0 fully saturated rings. The summed E-state index contributed by atoms with van der Waals surface area (Å²) in [5.74, 6) is -0.152. The van der Waals surface area contributed by atoms with Gasteiger partial charge in [0.15, 0.2) is 0 Å². The summed E-state index contributed by atoms with van der Waals surface area (Å²) in [6, 6.07) is 9.85. The molecule has 0 saturated carbocycles. The van der Waals surface area contributed by atoms with E-state index in [-0.39, 0.29) is 11.2 Å². The van der Waals surface area contributed by atoms with E-state index in [1.807, 2.05) is 44.2 Å². The Kier molecular flexibility index (Phi) is 4.53. The second-order valence-corrected chi connectivity index (χ2v) is 4.24. The summed E-state index contributed by atoms with van der Waals surface area (Å²) >= 11 is 1.52. The largest absolute Gasteiger partial charge is 0.465 e. The highest BCUT2D eigenvalue weighted by Gasteiger charge is 2.14. The Labute approximate surface area is 88.7 Å². The number of rotatable bonds is 4.